The number of rotatable bonds is 2. The van der Waals surface area contributed by atoms with Gasteiger partial charge in [0.05, 0.1) is 11.4 Å². The van der Waals surface area contributed by atoms with Gasteiger partial charge < -0.3 is 5.73 Å². The Morgan fingerprint density at radius 1 is 1.29 bits per heavy atom. The summed E-state index contributed by atoms with van der Waals surface area (Å²) in [5, 5.41) is 0. The highest BCUT2D eigenvalue weighted by molar-refractivity contribution is 7.92. The lowest BCUT2D eigenvalue weighted by molar-refractivity contribution is 0.574. The summed E-state index contributed by atoms with van der Waals surface area (Å²) in [6.07, 6.45) is 1.58. The molecule has 92 valence electrons. The summed E-state index contributed by atoms with van der Waals surface area (Å²) in [4.78, 5) is 0.223. The molecule has 4 nitrogen and oxygen atoms in total. The van der Waals surface area contributed by atoms with Crippen molar-refractivity contribution in [1.29, 1.82) is 0 Å². The van der Waals surface area contributed by atoms with Crippen LogP contribution in [0.2, 0.25) is 0 Å². The topological polar surface area (TPSA) is 63.4 Å². The van der Waals surface area contributed by atoms with Crippen LogP contribution in [0.5, 0.6) is 0 Å². The van der Waals surface area contributed by atoms with Gasteiger partial charge in [-0.1, -0.05) is 24.4 Å². The summed E-state index contributed by atoms with van der Waals surface area (Å²) >= 11 is 4.95. The third-order valence-corrected chi connectivity index (χ3v) is 4.86. The smallest absolute Gasteiger partial charge is 0.235 e. The number of nitrogens with zero attached hydrogens (tertiary/aromatic N) is 1. The number of sulfonamides is 1. The van der Waals surface area contributed by atoms with E-state index in [4.69, 9.17) is 18.0 Å². The second-order valence-corrected chi connectivity index (χ2v) is 6.43. The lowest BCUT2D eigenvalue weighted by atomic mass is 10.1. The minimum atomic E-state index is -3.21. The quantitative estimate of drug-likeness (QED) is 0.822. The van der Waals surface area contributed by atoms with E-state index in [1.54, 1.807) is 24.3 Å². The van der Waals surface area contributed by atoms with Crippen LogP contribution in [0.25, 0.3) is 0 Å². The van der Waals surface area contributed by atoms with Crippen molar-refractivity contribution in [1.82, 2.24) is 0 Å². The van der Waals surface area contributed by atoms with Crippen molar-refractivity contribution in [3.8, 4) is 0 Å². The van der Waals surface area contributed by atoms with Crippen molar-refractivity contribution in [2.45, 2.75) is 12.8 Å². The average Bonchev–Trinajstić information content (AvgIpc) is 2.28. The van der Waals surface area contributed by atoms with Crippen LogP contribution >= 0.6 is 12.2 Å². The largest absolute Gasteiger partial charge is 0.389 e. The molecule has 0 amide bonds. The number of thiocarbonyl (C=S) groups is 1. The van der Waals surface area contributed by atoms with Crippen LogP contribution in [0, 0.1) is 0 Å². The molecule has 0 saturated carbocycles. The third-order valence-electron chi connectivity index (χ3n) is 2.79. The van der Waals surface area contributed by atoms with Crippen LogP contribution in [0.15, 0.2) is 24.3 Å². The zero-order valence-electron chi connectivity index (χ0n) is 9.30. The highest BCUT2D eigenvalue weighted by Gasteiger charge is 2.27. The molecule has 2 N–H and O–H groups in total. The molecule has 17 heavy (non-hydrogen) atoms. The van der Waals surface area contributed by atoms with Crippen molar-refractivity contribution in [2.24, 2.45) is 5.73 Å². The molecule has 1 aliphatic rings. The molecule has 0 radical (unpaired) electrons. The van der Waals surface area contributed by atoms with Gasteiger partial charge in [0.25, 0.3) is 0 Å². The van der Waals surface area contributed by atoms with Crippen LogP contribution < -0.4 is 10.0 Å². The van der Waals surface area contributed by atoms with E-state index in [0.717, 1.165) is 6.42 Å². The Morgan fingerprint density at radius 3 is 2.65 bits per heavy atom. The van der Waals surface area contributed by atoms with Crippen LogP contribution in [-0.2, 0) is 10.0 Å². The molecule has 1 aliphatic heterocycles. The fraction of sp³-hybridized carbons (Fsp3) is 0.364. The maximum atomic E-state index is 12.0. The van der Waals surface area contributed by atoms with E-state index in [1.807, 2.05) is 0 Å². The van der Waals surface area contributed by atoms with Gasteiger partial charge >= 0.3 is 0 Å². The molecule has 0 spiro atoms. The fourth-order valence-electron chi connectivity index (χ4n) is 1.96. The number of benzene rings is 1. The molecule has 6 heteroatoms. The van der Waals surface area contributed by atoms with Crippen LogP contribution in [0.3, 0.4) is 0 Å². The van der Waals surface area contributed by atoms with Gasteiger partial charge in [-0.2, -0.15) is 0 Å². The molecule has 1 heterocycles. The molecule has 1 fully saturated rings. The third kappa shape index (κ3) is 2.42. The number of anilines is 1. The number of nitrogens with two attached hydrogens (primary N) is 1. The summed E-state index contributed by atoms with van der Waals surface area (Å²) in [5.41, 5.74) is 6.84. The maximum absolute atomic E-state index is 12.0. The highest BCUT2D eigenvalue weighted by atomic mass is 32.2. The summed E-state index contributed by atoms with van der Waals surface area (Å²) in [5.74, 6) is 0.193. The molecular weight excluding hydrogens is 256 g/mol. The van der Waals surface area contributed by atoms with Gasteiger partial charge in [0.15, 0.2) is 0 Å². The lowest BCUT2D eigenvalue weighted by Crippen LogP contribution is -2.39. The first-order valence-corrected chi connectivity index (χ1v) is 7.43. The van der Waals surface area contributed by atoms with E-state index in [1.165, 1.54) is 4.31 Å². The van der Waals surface area contributed by atoms with Gasteiger partial charge in [0.2, 0.25) is 10.0 Å². The summed E-state index contributed by atoms with van der Waals surface area (Å²) in [6.45, 7) is 0.502. The first kappa shape index (κ1) is 12.3. The zero-order chi connectivity index (χ0) is 12.5. The standard InChI is InChI=1S/C11H14N2O2S2/c12-11(16)9-5-1-2-6-10(9)13-7-3-4-8-17(13,14)15/h1-2,5-6H,3-4,7-8H2,(H2,12,16). The molecule has 0 bridgehead atoms. The van der Waals surface area contributed by atoms with E-state index in [-0.39, 0.29) is 10.7 Å². The minimum absolute atomic E-state index is 0.193. The van der Waals surface area contributed by atoms with Gasteiger partial charge in [0.1, 0.15) is 4.99 Å². The Kier molecular flexibility index (Phi) is 3.35. The number of para-hydroxylation sites is 1. The molecular formula is C11H14N2O2S2. The molecule has 1 aromatic rings. The summed E-state index contributed by atoms with van der Waals surface area (Å²) < 4.78 is 25.4. The van der Waals surface area contributed by atoms with Gasteiger partial charge in [-0.15, -0.1) is 0 Å². The SMILES string of the molecule is NC(=S)c1ccccc1N1CCCCS1(=O)=O. The summed E-state index contributed by atoms with van der Waals surface area (Å²) in [7, 11) is -3.21. The summed E-state index contributed by atoms with van der Waals surface area (Å²) in [6, 6.07) is 7.09. The molecule has 0 aromatic heterocycles. The van der Waals surface area contributed by atoms with E-state index in [2.05, 4.69) is 0 Å². The first-order valence-electron chi connectivity index (χ1n) is 5.41. The van der Waals surface area contributed by atoms with Crippen molar-refractivity contribution in [3.05, 3.63) is 29.8 Å². The normalized spacial score (nSPS) is 18.9. The Labute approximate surface area is 106 Å². The molecule has 0 unspecified atom stereocenters. The first-order chi connectivity index (χ1) is 8.02. The predicted octanol–water partition coefficient (Wildman–Crippen LogP) is 1.25. The van der Waals surface area contributed by atoms with Crippen molar-refractivity contribution < 1.29 is 8.42 Å². The van der Waals surface area contributed by atoms with E-state index in [0.29, 0.717) is 24.2 Å². The second kappa shape index (κ2) is 4.62. The van der Waals surface area contributed by atoms with Gasteiger partial charge in [-0.3, -0.25) is 4.31 Å². The van der Waals surface area contributed by atoms with Gasteiger partial charge in [-0.05, 0) is 25.0 Å². The van der Waals surface area contributed by atoms with E-state index < -0.39 is 10.0 Å². The monoisotopic (exact) mass is 270 g/mol. The average molecular weight is 270 g/mol. The predicted molar refractivity (Wildman–Crippen MR) is 72.7 cm³/mol. The minimum Gasteiger partial charge on any atom is -0.389 e. The van der Waals surface area contributed by atoms with Crippen LogP contribution in [-0.4, -0.2) is 25.7 Å². The Morgan fingerprint density at radius 2 is 2.00 bits per heavy atom. The molecule has 1 aromatic carbocycles. The van der Waals surface area contributed by atoms with Crippen molar-refractivity contribution in [3.63, 3.8) is 0 Å². The molecule has 2 rings (SSSR count). The number of hydrogen-bond acceptors (Lipinski definition) is 3. The van der Waals surface area contributed by atoms with Crippen molar-refractivity contribution >= 4 is 32.9 Å². The Hall–Kier alpha value is -1.14. The molecule has 0 atom stereocenters. The van der Waals surface area contributed by atoms with E-state index in [9.17, 15) is 8.42 Å². The highest BCUT2D eigenvalue weighted by Crippen LogP contribution is 2.26. The maximum Gasteiger partial charge on any atom is 0.235 e. The van der Waals surface area contributed by atoms with Gasteiger partial charge in [0, 0.05) is 12.1 Å². The zero-order valence-corrected chi connectivity index (χ0v) is 10.9. The van der Waals surface area contributed by atoms with Crippen LogP contribution in [0.1, 0.15) is 18.4 Å². The fourth-order valence-corrected chi connectivity index (χ4v) is 3.79. The Bertz CT molecular complexity index is 540. The number of hydrogen-bond donors (Lipinski definition) is 1. The van der Waals surface area contributed by atoms with Crippen molar-refractivity contribution in [2.75, 3.05) is 16.6 Å². The van der Waals surface area contributed by atoms with Gasteiger partial charge in [-0.25, -0.2) is 8.42 Å². The lowest BCUT2D eigenvalue weighted by Gasteiger charge is -2.29. The Balaban J connectivity index is 2.49. The van der Waals surface area contributed by atoms with Crippen LogP contribution in [0.4, 0.5) is 5.69 Å². The molecule has 1 saturated heterocycles. The second-order valence-electron chi connectivity index (χ2n) is 3.98. The molecule has 0 aliphatic carbocycles. The van der Waals surface area contributed by atoms with E-state index >= 15 is 0 Å².